The number of aliphatic hydroxyl groups is 1. The number of nitrogen functional groups attached to an aromatic ring is 1. The van der Waals surface area contributed by atoms with Gasteiger partial charge in [-0.2, -0.15) is 4.98 Å². The first-order valence-electron chi connectivity index (χ1n) is 13.6. The number of amides is 1. The fraction of sp³-hybridized carbons (Fsp3) is 0.345. The average Bonchev–Trinajstić information content (AvgIpc) is 3.73. The number of carbonyl (C=O) groups excluding carboxylic acids is 3. The molecule has 14 nitrogen and oxygen atoms in total. The summed E-state index contributed by atoms with van der Waals surface area (Å²) in [5.41, 5.74) is 3.86. The number of methoxy groups -OCH3 is 2. The van der Waals surface area contributed by atoms with Crippen LogP contribution >= 0.6 is 11.6 Å². The van der Waals surface area contributed by atoms with E-state index in [9.17, 15) is 19.5 Å². The van der Waals surface area contributed by atoms with Crippen LogP contribution in [0.4, 0.5) is 5.95 Å². The molecule has 1 amide bonds. The number of halogens is 1. The lowest BCUT2D eigenvalue weighted by Crippen LogP contribution is -2.53. The van der Waals surface area contributed by atoms with Gasteiger partial charge in [-0.05, 0) is 17.7 Å². The Labute approximate surface area is 255 Å². The molecule has 15 heteroatoms. The molecule has 3 unspecified atom stereocenters. The van der Waals surface area contributed by atoms with Crippen LogP contribution in [0.3, 0.4) is 0 Å². The molecular weight excluding hydrogens is 598 g/mol. The van der Waals surface area contributed by atoms with Crippen molar-refractivity contribution in [2.45, 2.75) is 37.8 Å². The molecular formula is C29H28ClN5O9. The number of aromatic amines is 1. The summed E-state index contributed by atoms with van der Waals surface area (Å²) in [6.45, 7) is 1.61. The van der Waals surface area contributed by atoms with Gasteiger partial charge in [-0.3, -0.25) is 19.5 Å². The minimum atomic E-state index is -2.02. The van der Waals surface area contributed by atoms with Crippen molar-refractivity contribution in [1.82, 2.24) is 20.5 Å². The largest absolute Gasteiger partial charge is 0.507 e. The Morgan fingerprint density at radius 2 is 1.98 bits per heavy atom. The number of hydrogen-bond donors (Lipinski definition) is 4. The van der Waals surface area contributed by atoms with E-state index in [1.54, 1.807) is 25.1 Å². The van der Waals surface area contributed by atoms with E-state index in [4.69, 9.17) is 41.0 Å². The van der Waals surface area contributed by atoms with Crippen molar-refractivity contribution in [3.05, 3.63) is 57.6 Å². The first kappa shape index (κ1) is 29.1. The Hall–Kier alpha value is -4.98. The van der Waals surface area contributed by atoms with Gasteiger partial charge in [0.2, 0.25) is 30.0 Å². The van der Waals surface area contributed by atoms with E-state index in [0.717, 1.165) is 0 Å². The molecule has 1 aromatic heterocycles. The molecule has 1 aliphatic carbocycles. The number of allylic oxidation sites excluding steroid dienone is 1. The van der Waals surface area contributed by atoms with Crippen LogP contribution in [0.25, 0.3) is 0 Å². The number of nitrogens with one attached hydrogen (secondary N) is 2. The number of aromatic nitrogens is 3. The van der Waals surface area contributed by atoms with Gasteiger partial charge >= 0.3 is 0 Å². The zero-order valence-corrected chi connectivity index (χ0v) is 24.6. The van der Waals surface area contributed by atoms with E-state index in [-0.39, 0.29) is 65.5 Å². The summed E-state index contributed by atoms with van der Waals surface area (Å²) in [6.07, 6.45) is -0.464. The molecule has 3 aliphatic rings. The molecule has 3 aromatic rings. The van der Waals surface area contributed by atoms with E-state index in [1.807, 2.05) is 0 Å². The molecule has 44 heavy (non-hydrogen) atoms. The van der Waals surface area contributed by atoms with Gasteiger partial charge < -0.3 is 39.8 Å². The van der Waals surface area contributed by atoms with Crippen molar-refractivity contribution >= 4 is 35.0 Å². The van der Waals surface area contributed by atoms with E-state index in [0.29, 0.717) is 22.9 Å². The van der Waals surface area contributed by atoms with Crippen molar-refractivity contribution in [2.24, 2.45) is 5.92 Å². The van der Waals surface area contributed by atoms with Crippen molar-refractivity contribution in [3.8, 4) is 28.7 Å². The minimum absolute atomic E-state index is 0.00438. The second kappa shape index (κ2) is 10.9. The average molecular weight is 626 g/mol. The van der Waals surface area contributed by atoms with Crippen LogP contribution in [0.1, 0.15) is 47.4 Å². The molecule has 2 aromatic carbocycles. The molecule has 0 bridgehead atoms. The van der Waals surface area contributed by atoms with Gasteiger partial charge in [-0.25, -0.2) is 0 Å². The van der Waals surface area contributed by atoms with Crippen LogP contribution in [-0.4, -0.2) is 64.4 Å². The quantitative estimate of drug-likeness (QED) is 0.286. The monoisotopic (exact) mass is 625 g/mol. The number of H-pyrrole nitrogens is 1. The van der Waals surface area contributed by atoms with E-state index >= 15 is 0 Å². The lowest BCUT2D eigenvalue weighted by atomic mass is 9.69. The Morgan fingerprint density at radius 1 is 1.23 bits per heavy atom. The molecule has 3 atom stereocenters. The maximum Gasteiger partial charge on any atom is 0.239 e. The summed E-state index contributed by atoms with van der Waals surface area (Å²) in [5.74, 6) is -2.51. The first-order valence-corrected chi connectivity index (χ1v) is 13.9. The maximum absolute atomic E-state index is 14.2. The van der Waals surface area contributed by atoms with Gasteiger partial charge in [-0.15, -0.1) is 5.10 Å². The maximum atomic E-state index is 14.2. The minimum Gasteiger partial charge on any atom is -0.507 e. The van der Waals surface area contributed by atoms with Crippen molar-refractivity contribution in [2.75, 3.05) is 26.7 Å². The predicted octanol–water partition coefficient (Wildman–Crippen LogP) is 3.01. The normalized spacial score (nSPS) is 20.9. The molecule has 0 radical (unpaired) electrons. The van der Waals surface area contributed by atoms with Gasteiger partial charge in [0.05, 0.1) is 20.8 Å². The number of hydrogen-bond acceptors (Lipinski definition) is 12. The Kier molecular flexibility index (Phi) is 7.24. The van der Waals surface area contributed by atoms with E-state index in [2.05, 4.69) is 20.5 Å². The molecule has 0 saturated carbocycles. The lowest BCUT2D eigenvalue weighted by Gasteiger charge is -2.38. The highest BCUT2D eigenvalue weighted by Gasteiger charge is 2.61. The van der Waals surface area contributed by atoms with Crippen LogP contribution in [0.5, 0.6) is 28.7 Å². The number of Topliss-reactive ketones (excluding diaryl/α,β-unsaturated/α-hetero) is 2. The number of ether oxygens (including phenoxy) is 5. The lowest BCUT2D eigenvalue weighted by molar-refractivity contribution is -0.122. The number of nitrogens with zero attached hydrogens (tertiary/aromatic N) is 2. The number of anilines is 1. The van der Waals surface area contributed by atoms with Crippen LogP contribution in [0, 0.1) is 5.92 Å². The number of benzene rings is 2. The van der Waals surface area contributed by atoms with Crippen LogP contribution < -0.4 is 34.7 Å². The fourth-order valence-electron chi connectivity index (χ4n) is 5.88. The highest BCUT2D eigenvalue weighted by atomic mass is 35.5. The molecule has 0 fully saturated rings. The summed E-state index contributed by atoms with van der Waals surface area (Å²) in [7, 11) is 2.77. The summed E-state index contributed by atoms with van der Waals surface area (Å²) in [4.78, 5) is 45.2. The topological polar surface area (TPSA) is 197 Å². The van der Waals surface area contributed by atoms with Gasteiger partial charge in [0.1, 0.15) is 27.9 Å². The van der Waals surface area contributed by atoms with Gasteiger partial charge in [0.25, 0.3) is 0 Å². The number of aliphatic hydroxyl groups excluding tert-OH is 1. The van der Waals surface area contributed by atoms with Crippen molar-refractivity contribution in [1.29, 1.82) is 0 Å². The second-order valence-corrected chi connectivity index (χ2v) is 10.9. The predicted molar refractivity (Wildman–Crippen MR) is 153 cm³/mol. The molecule has 0 saturated heterocycles. The van der Waals surface area contributed by atoms with Crippen LogP contribution in [-0.2, 0) is 16.1 Å². The van der Waals surface area contributed by atoms with E-state index in [1.165, 1.54) is 20.3 Å². The fourth-order valence-corrected chi connectivity index (χ4v) is 6.15. The molecule has 1 spiro atoms. The SMILES string of the molecule is COc1cc(OC)c2c(c1Cl)OC1(C2=O)C(O)=C(C(CC(=O)NCc2nc(N)n[nH]2)c2ccc3c(c2)OCO3)C(=O)CC1C. The van der Waals surface area contributed by atoms with Crippen LogP contribution in [0.15, 0.2) is 35.6 Å². The number of rotatable bonds is 8. The van der Waals surface area contributed by atoms with Crippen molar-refractivity contribution in [3.63, 3.8) is 0 Å². The summed E-state index contributed by atoms with van der Waals surface area (Å²) in [6, 6.07) is 6.39. The highest BCUT2D eigenvalue weighted by molar-refractivity contribution is 6.35. The van der Waals surface area contributed by atoms with Gasteiger partial charge in [-0.1, -0.05) is 24.6 Å². The summed E-state index contributed by atoms with van der Waals surface area (Å²) < 4.78 is 28.0. The highest BCUT2D eigenvalue weighted by Crippen LogP contribution is 2.56. The zero-order valence-electron chi connectivity index (χ0n) is 23.9. The molecule has 230 valence electrons. The summed E-state index contributed by atoms with van der Waals surface area (Å²) >= 11 is 6.56. The first-order chi connectivity index (χ1) is 21.1. The smallest absolute Gasteiger partial charge is 0.239 e. The third kappa shape index (κ3) is 4.53. The molecule has 5 N–H and O–H groups in total. The molecule has 3 heterocycles. The Balaban J connectivity index is 1.45. The zero-order chi connectivity index (χ0) is 31.3. The molecule has 6 rings (SSSR count). The third-order valence-corrected chi connectivity index (χ3v) is 8.41. The van der Waals surface area contributed by atoms with Crippen LogP contribution in [0.2, 0.25) is 5.02 Å². The standard InChI is InChI=1S/C29H28ClN5O9/c1-12-6-15(36)22(26(38)29(12)27(39)23-18(40-2)9-19(41-3)24(30)25(23)44-29)14(13-4-5-16-17(7-13)43-11-42-16)8-21(37)32-10-20-33-28(31)35-34-20/h4-5,7,9,12,14,38H,6,8,10-11H2,1-3H3,(H,32,37)(H3,31,33,34,35). The Bertz CT molecular complexity index is 1740. The number of carbonyl (C=O) groups is 3. The third-order valence-electron chi connectivity index (χ3n) is 8.05. The number of nitrogens with two attached hydrogens (primary N) is 1. The molecule has 2 aliphatic heterocycles. The number of fused-ring (bicyclic) bond motifs is 2. The Morgan fingerprint density at radius 3 is 2.68 bits per heavy atom. The van der Waals surface area contributed by atoms with Gasteiger partial charge in [0.15, 0.2) is 28.8 Å². The van der Waals surface area contributed by atoms with E-state index < -0.39 is 40.7 Å². The second-order valence-electron chi connectivity index (χ2n) is 10.5. The van der Waals surface area contributed by atoms with Gasteiger partial charge in [0, 0.05) is 36.3 Å². The number of ketones is 2. The summed E-state index contributed by atoms with van der Waals surface area (Å²) in [5, 5.41) is 21.1. The van der Waals surface area contributed by atoms with Crippen molar-refractivity contribution < 1.29 is 43.2 Å².